The Balaban J connectivity index is 3.12. The second-order valence-electron chi connectivity index (χ2n) is 3.23. The molecule has 0 radical (unpaired) electrons. The molecule has 0 bridgehead atoms. The van der Waals surface area contributed by atoms with Gasteiger partial charge in [-0.25, -0.2) is 4.79 Å². The zero-order valence-corrected chi connectivity index (χ0v) is 8.47. The number of likely N-dealkylation sites (N-methyl/N-ethyl adjacent to an activating group) is 1. The zero-order chi connectivity index (χ0) is 11.4. The normalized spacial score (nSPS) is 10.0. The van der Waals surface area contributed by atoms with Gasteiger partial charge in [-0.2, -0.15) is 0 Å². The lowest BCUT2D eigenvalue weighted by molar-refractivity contribution is 0.0697. The Labute approximate surface area is 87.7 Å². The van der Waals surface area contributed by atoms with Crippen molar-refractivity contribution in [3.05, 3.63) is 23.8 Å². The molecule has 82 valence electrons. The van der Waals surface area contributed by atoms with Gasteiger partial charge in [0.2, 0.25) is 0 Å². The molecule has 4 N–H and O–H groups in total. The Morgan fingerprint density at radius 1 is 1.53 bits per heavy atom. The van der Waals surface area contributed by atoms with Crippen LogP contribution in [0.2, 0.25) is 0 Å². The van der Waals surface area contributed by atoms with Gasteiger partial charge >= 0.3 is 5.97 Å². The minimum atomic E-state index is -1.00. The summed E-state index contributed by atoms with van der Waals surface area (Å²) in [6, 6.07) is 4.58. The Hall–Kier alpha value is -1.75. The van der Waals surface area contributed by atoms with Crippen LogP contribution in [-0.2, 0) is 0 Å². The fourth-order valence-corrected chi connectivity index (χ4v) is 1.32. The third-order valence-corrected chi connectivity index (χ3v) is 2.10. The summed E-state index contributed by atoms with van der Waals surface area (Å²) in [6.07, 6.45) is 0. The average molecular weight is 210 g/mol. The molecular formula is C10H14N2O3. The summed E-state index contributed by atoms with van der Waals surface area (Å²) in [5, 5.41) is 17.7. The van der Waals surface area contributed by atoms with Gasteiger partial charge in [-0.3, -0.25) is 0 Å². The molecule has 0 atom stereocenters. The van der Waals surface area contributed by atoms with Crippen LogP contribution >= 0.6 is 0 Å². The van der Waals surface area contributed by atoms with Crippen LogP contribution in [0, 0.1) is 0 Å². The molecule has 0 heterocycles. The number of aliphatic hydroxyl groups excluding tert-OH is 1. The molecule has 0 aliphatic heterocycles. The molecule has 1 aromatic carbocycles. The molecule has 0 saturated carbocycles. The standard InChI is InChI=1S/C10H14N2O3/c1-12(4-5-13)9-6-7(11)2-3-8(9)10(14)15/h2-3,6,13H,4-5,11H2,1H3,(H,14,15). The number of nitrogens with two attached hydrogens (primary N) is 1. The lowest BCUT2D eigenvalue weighted by Crippen LogP contribution is -2.23. The lowest BCUT2D eigenvalue weighted by Gasteiger charge is -2.20. The van der Waals surface area contributed by atoms with Crippen molar-refractivity contribution < 1.29 is 15.0 Å². The number of nitrogen functional groups attached to an aromatic ring is 1. The largest absolute Gasteiger partial charge is 0.478 e. The number of nitrogens with zero attached hydrogens (tertiary/aromatic N) is 1. The summed E-state index contributed by atoms with van der Waals surface area (Å²) in [5.41, 5.74) is 6.77. The Morgan fingerprint density at radius 2 is 2.20 bits per heavy atom. The van der Waals surface area contributed by atoms with Crippen molar-refractivity contribution in [3.63, 3.8) is 0 Å². The van der Waals surface area contributed by atoms with Gasteiger partial charge < -0.3 is 20.8 Å². The second-order valence-corrected chi connectivity index (χ2v) is 3.23. The Bertz CT molecular complexity index is 366. The van der Waals surface area contributed by atoms with Crippen molar-refractivity contribution in [3.8, 4) is 0 Å². The van der Waals surface area contributed by atoms with Crippen LogP contribution in [0.4, 0.5) is 11.4 Å². The molecular weight excluding hydrogens is 196 g/mol. The monoisotopic (exact) mass is 210 g/mol. The maximum Gasteiger partial charge on any atom is 0.337 e. The molecule has 0 amide bonds. The van der Waals surface area contributed by atoms with Crippen molar-refractivity contribution in [2.75, 3.05) is 30.8 Å². The van der Waals surface area contributed by atoms with Crippen LogP contribution in [0.3, 0.4) is 0 Å². The molecule has 1 rings (SSSR count). The number of carboxylic acid groups (broad SMARTS) is 1. The highest BCUT2D eigenvalue weighted by Gasteiger charge is 2.13. The van der Waals surface area contributed by atoms with Crippen LogP contribution in [0.25, 0.3) is 0 Å². The van der Waals surface area contributed by atoms with Crippen LogP contribution in [0.5, 0.6) is 0 Å². The number of hydrogen-bond acceptors (Lipinski definition) is 4. The number of carbonyl (C=O) groups is 1. The molecule has 0 saturated heterocycles. The predicted octanol–water partition coefficient (Wildman–Crippen LogP) is 0.395. The van der Waals surface area contributed by atoms with Gasteiger partial charge in [0.05, 0.1) is 17.9 Å². The van der Waals surface area contributed by atoms with E-state index in [1.807, 2.05) is 0 Å². The van der Waals surface area contributed by atoms with Crippen LogP contribution in [0.15, 0.2) is 18.2 Å². The van der Waals surface area contributed by atoms with Crippen LogP contribution in [0.1, 0.15) is 10.4 Å². The smallest absolute Gasteiger partial charge is 0.337 e. The molecule has 0 aliphatic carbocycles. The highest BCUT2D eigenvalue weighted by Crippen LogP contribution is 2.22. The summed E-state index contributed by atoms with van der Waals surface area (Å²) in [5.74, 6) is -1.00. The molecule has 0 unspecified atom stereocenters. The molecule has 0 fully saturated rings. The Morgan fingerprint density at radius 3 is 2.73 bits per heavy atom. The number of hydrogen-bond donors (Lipinski definition) is 3. The zero-order valence-electron chi connectivity index (χ0n) is 8.47. The van der Waals surface area contributed by atoms with Gasteiger partial charge in [0.1, 0.15) is 0 Å². The summed E-state index contributed by atoms with van der Waals surface area (Å²) in [4.78, 5) is 12.6. The fraction of sp³-hybridized carbons (Fsp3) is 0.300. The number of aliphatic hydroxyl groups is 1. The molecule has 5 heteroatoms. The maximum atomic E-state index is 10.9. The molecule has 1 aromatic rings. The van der Waals surface area contributed by atoms with Gasteiger partial charge in [0.15, 0.2) is 0 Å². The van der Waals surface area contributed by atoms with Crippen molar-refractivity contribution in [2.45, 2.75) is 0 Å². The van der Waals surface area contributed by atoms with E-state index in [1.54, 1.807) is 24.1 Å². The van der Waals surface area contributed by atoms with E-state index in [9.17, 15) is 4.79 Å². The van der Waals surface area contributed by atoms with E-state index >= 15 is 0 Å². The summed E-state index contributed by atoms with van der Waals surface area (Å²) < 4.78 is 0. The molecule has 5 nitrogen and oxygen atoms in total. The molecule has 0 aromatic heterocycles. The van der Waals surface area contributed by atoms with Crippen molar-refractivity contribution in [1.82, 2.24) is 0 Å². The van der Waals surface area contributed by atoms with E-state index in [4.69, 9.17) is 15.9 Å². The van der Waals surface area contributed by atoms with Gasteiger partial charge in [0.25, 0.3) is 0 Å². The summed E-state index contributed by atoms with van der Waals surface area (Å²) in [7, 11) is 1.71. The minimum Gasteiger partial charge on any atom is -0.478 e. The van der Waals surface area contributed by atoms with Crippen molar-refractivity contribution >= 4 is 17.3 Å². The van der Waals surface area contributed by atoms with E-state index in [-0.39, 0.29) is 12.2 Å². The lowest BCUT2D eigenvalue weighted by atomic mass is 10.1. The summed E-state index contributed by atoms with van der Waals surface area (Å²) in [6.45, 7) is 0.327. The Kier molecular flexibility index (Phi) is 3.51. The third kappa shape index (κ3) is 2.60. The highest BCUT2D eigenvalue weighted by molar-refractivity contribution is 5.95. The van der Waals surface area contributed by atoms with Crippen molar-refractivity contribution in [1.29, 1.82) is 0 Å². The predicted molar refractivity (Wildman–Crippen MR) is 58.2 cm³/mol. The molecule has 15 heavy (non-hydrogen) atoms. The van der Waals surface area contributed by atoms with Crippen molar-refractivity contribution in [2.24, 2.45) is 0 Å². The average Bonchev–Trinajstić information content (AvgIpc) is 2.17. The van der Waals surface area contributed by atoms with E-state index in [1.165, 1.54) is 6.07 Å². The topological polar surface area (TPSA) is 86.8 Å². The van der Waals surface area contributed by atoms with Gasteiger partial charge in [0, 0.05) is 19.3 Å². The first-order valence-corrected chi connectivity index (χ1v) is 4.51. The highest BCUT2D eigenvalue weighted by atomic mass is 16.4. The first-order valence-electron chi connectivity index (χ1n) is 4.51. The number of aromatic carboxylic acids is 1. The third-order valence-electron chi connectivity index (χ3n) is 2.10. The van der Waals surface area contributed by atoms with Gasteiger partial charge in [-0.05, 0) is 18.2 Å². The number of carboxylic acids is 1. The van der Waals surface area contributed by atoms with Crippen LogP contribution < -0.4 is 10.6 Å². The fourth-order valence-electron chi connectivity index (χ4n) is 1.32. The molecule has 0 spiro atoms. The number of benzene rings is 1. The van der Waals surface area contributed by atoms with E-state index in [0.717, 1.165) is 0 Å². The molecule has 0 aliphatic rings. The SMILES string of the molecule is CN(CCO)c1cc(N)ccc1C(=O)O. The van der Waals surface area contributed by atoms with Gasteiger partial charge in [-0.15, -0.1) is 0 Å². The van der Waals surface area contributed by atoms with E-state index < -0.39 is 5.97 Å². The van der Waals surface area contributed by atoms with Gasteiger partial charge in [-0.1, -0.05) is 0 Å². The van der Waals surface area contributed by atoms with E-state index in [0.29, 0.717) is 17.9 Å². The first-order chi connectivity index (χ1) is 7.06. The number of anilines is 2. The van der Waals surface area contributed by atoms with E-state index in [2.05, 4.69) is 0 Å². The number of rotatable bonds is 4. The maximum absolute atomic E-state index is 10.9. The minimum absolute atomic E-state index is 0.0373. The second kappa shape index (κ2) is 4.65. The van der Waals surface area contributed by atoms with Crippen LogP contribution in [-0.4, -0.2) is 36.4 Å². The first kappa shape index (κ1) is 11.3. The summed E-state index contributed by atoms with van der Waals surface area (Å²) >= 11 is 0. The quantitative estimate of drug-likeness (QED) is 0.626.